The van der Waals surface area contributed by atoms with Crippen molar-refractivity contribution in [2.24, 2.45) is 4.99 Å². The van der Waals surface area contributed by atoms with E-state index in [-0.39, 0.29) is 36.1 Å². The van der Waals surface area contributed by atoms with Gasteiger partial charge in [0.05, 0.1) is 24.5 Å². The zero-order valence-electron chi connectivity index (χ0n) is 15.8. The Morgan fingerprint density at radius 2 is 1.79 bits per heavy atom. The summed E-state index contributed by atoms with van der Waals surface area (Å²) in [5.41, 5.74) is 0.880. The smallest absolute Gasteiger partial charge is 0.308 e. The standard InChI is InChI=1S/C20H20N2O6S/c1-2-27-15-9-7-14(8-10-15)17(23)13-28-19(24)11-12-21-20-16-5-3-4-6-18(16)29(25,26)22-20/h3-10H,2,11-13H2,1H3,(H,21,22). The predicted molar refractivity (Wildman–Crippen MR) is 106 cm³/mol. The van der Waals surface area contributed by atoms with Gasteiger partial charge in [-0.05, 0) is 43.3 Å². The highest BCUT2D eigenvalue weighted by Gasteiger charge is 2.29. The number of carbonyl (C=O) groups excluding carboxylic acids is 2. The molecule has 0 aliphatic carbocycles. The quantitative estimate of drug-likeness (QED) is 0.520. The van der Waals surface area contributed by atoms with Crippen LogP contribution >= 0.6 is 0 Å². The molecule has 2 aromatic carbocycles. The topological polar surface area (TPSA) is 111 Å². The van der Waals surface area contributed by atoms with E-state index < -0.39 is 16.0 Å². The summed E-state index contributed by atoms with van der Waals surface area (Å²) in [6.45, 7) is 2.05. The summed E-state index contributed by atoms with van der Waals surface area (Å²) in [6, 6.07) is 13.0. The average molecular weight is 416 g/mol. The minimum atomic E-state index is -3.61. The average Bonchev–Trinajstić information content (AvgIpc) is 2.97. The van der Waals surface area contributed by atoms with Gasteiger partial charge in [0.15, 0.2) is 12.4 Å². The first-order valence-corrected chi connectivity index (χ1v) is 10.5. The van der Waals surface area contributed by atoms with Gasteiger partial charge in [-0.15, -0.1) is 0 Å². The van der Waals surface area contributed by atoms with Crippen molar-refractivity contribution in [1.29, 1.82) is 0 Å². The molecule has 1 N–H and O–H groups in total. The normalized spacial score (nSPS) is 15.4. The zero-order chi connectivity index (χ0) is 20.9. The molecular formula is C20H20N2O6S. The summed E-state index contributed by atoms with van der Waals surface area (Å²) in [7, 11) is -3.61. The van der Waals surface area contributed by atoms with E-state index in [0.29, 0.717) is 23.5 Å². The van der Waals surface area contributed by atoms with Gasteiger partial charge < -0.3 is 9.47 Å². The van der Waals surface area contributed by atoms with Gasteiger partial charge in [-0.2, -0.15) is 0 Å². The molecule has 29 heavy (non-hydrogen) atoms. The Hall–Kier alpha value is -3.20. The first-order chi connectivity index (χ1) is 13.9. The van der Waals surface area contributed by atoms with Crippen molar-refractivity contribution in [1.82, 2.24) is 4.72 Å². The van der Waals surface area contributed by atoms with Gasteiger partial charge in [-0.1, -0.05) is 12.1 Å². The summed E-state index contributed by atoms with van der Waals surface area (Å²) in [4.78, 5) is 28.2. The molecule has 3 rings (SSSR count). The maximum absolute atomic E-state index is 12.1. The second-order valence-electron chi connectivity index (χ2n) is 6.12. The van der Waals surface area contributed by atoms with Crippen LogP contribution in [0.25, 0.3) is 0 Å². The summed E-state index contributed by atoms with van der Waals surface area (Å²) in [5.74, 6) is -0.0731. The van der Waals surface area contributed by atoms with Crippen LogP contribution in [0, 0.1) is 0 Å². The van der Waals surface area contributed by atoms with Crippen LogP contribution in [0.5, 0.6) is 5.75 Å². The number of carbonyl (C=O) groups is 2. The molecule has 9 heteroatoms. The van der Waals surface area contributed by atoms with Crippen LogP contribution in [0.1, 0.15) is 29.3 Å². The minimum Gasteiger partial charge on any atom is -0.494 e. The lowest BCUT2D eigenvalue weighted by molar-refractivity contribution is -0.142. The first kappa shape index (κ1) is 20.5. The number of Topliss-reactive ketones (excluding diaryl/α,β-unsaturated/α-hetero) is 1. The Kier molecular flexibility index (Phi) is 6.28. The number of ether oxygens (including phenoxy) is 2. The number of benzene rings is 2. The second-order valence-corrected chi connectivity index (χ2v) is 7.77. The van der Waals surface area contributed by atoms with Crippen LogP contribution in [0.15, 0.2) is 58.4 Å². The molecule has 0 amide bonds. The van der Waals surface area contributed by atoms with Crippen LogP contribution in [0.4, 0.5) is 0 Å². The van der Waals surface area contributed by atoms with Crippen LogP contribution in [0.2, 0.25) is 0 Å². The molecule has 0 fully saturated rings. The molecule has 8 nitrogen and oxygen atoms in total. The van der Waals surface area contributed by atoms with E-state index in [1.807, 2.05) is 6.92 Å². The number of amidine groups is 1. The molecule has 0 saturated heterocycles. The van der Waals surface area contributed by atoms with Gasteiger partial charge in [-0.3, -0.25) is 19.3 Å². The summed E-state index contributed by atoms with van der Waals surface area (Å²) < 4.78 is 36.7. The van der Waals surface area contributed by atoms with Crippen molar-refractivity contribution in [2.75, 3.05) is 19.8 Å². The third-order valence-corrected chi connectivity index (χ3v) is 5.50. The lowest BCUT2D eigenvalue weighted by Crippen LogP contribution is -2.22. The van der Waals surface area contributed by atoms with Crippen LogP contribution in [-0.4, -0.2) is 45.8 Å². The van der Waals surface area contributed by atoms with Gasteiger partial charge in [-0.25, -0.2) is 8.42 Å². The number of nitrogens with one attached hydrogen (secondary N) is 1. The largest absolute Gasteiger partial charge is 0.494 e. The fourth-order valence-corrected chi connectivity index (χ4v) is 3.97. The van der Waals surface area contributed by atoms with Crippen LogP contribution < -0.4 is 9.46 Å². The number of hydrogen-bond donors (Lipinski definition) is 1. The lowest BCUT2D eigenvalue weighted by atomic mass is 10.1. The highest BCUT2D eigenvalue weighted by molar-refractivity contribution is 7.90. The number of nitrogens with zero attached hydrogens (tertiary/aromatic N) is 1. The maximum atomic E-state index is 12.1. The molecule has 0 unspecified atom stereocenters. The zero-order valence-corrected chi connectivity index (χ0v) is 16.6. The molecule has 0 aromatic heterocycles. The third-order valence-electron chi connectivity index (χ3n) is 4.10. The fraction of sp³-hybridized carbons (Fsp3) is 0.250. The number of hydrogen-bond acceptors (Lipinski definition) is 7. The molecule has 0 atom stereocenters. The van der Waals surface area contributed by atoms with Gasteiger partial charge in [0, 0.05) is 11.1 Å². The third kappa shape index (κ3) is 5.00. The van der Waals surface area contributed by atoms with Gasteiger partial charge in [0.25, 0.3) is 10.0 Å². The van der Waals surface area contributed by atoms with Crippen molar-refractivity contribution >= 4 is 27.6 Å². The maximum Gasteiger partial charge on any atom is 0.308 e. The predicted octanol–water partition coefficient (Wildman–Crippen LogP) is 1.94. The van der Waals surface area contributed by atoms with E-state index in [1.54, 1.807) is 42.5 Å². The van der Waals surface area contributed by atoms with Crippen LogP contribution in [0.3, 0.4) is 0 Å². The molecule has 0 bridgehead atoms. The van der Waals surface area contributed by atoms with Crippen molar-refractivity contribution in [3.05, 3.63) is 59.7 Å². The lowest BCUT2D eigenvalue weighted by Gasteiger charge is -2.06. The monoisotopic (exact) mass is 416 g/mol. The Morgan fingerprint density at radius 1 is 1.07 bits per heavy atom. The number of rotatable bonds is 8. The SMILES string of the molecule is CCOc1ccc(C(=O)COC(=O)CCN=C2NS(=O)(=O)c3ccccc32)cc1. The molecule has 0 radical (unpaired) electrons. The summed E-state index contributed by atoms with van der Waals surface area (Å²) >= 11 is 0. The molecule has 1 aliphatic rings. The number of ketones is 1. The van der Waals surface area contributed by atoms with Crippen LogP contribution in [-0.2, 0) is 19.6 Å². The molecule has 1 heterocycles. The molecule has 2 aromatic rings. The molecule has 0 spiro atoms. The van der Waals surface area contributed by atoms with Gasteiger partial charge in [0.1, 0.15) is 11.6 Å². The van der Waals surface area contributed by atoms with Crippen molar-refractivity contribution in [3.63, 3.8) is 0 Å². The Morgan fingerprint density at radius 3 is 2.52 bits per heavy atom. The Labute approximate surface area is 168 Å². The fourth-order valence-electron chi connectivity index (χ4n) is 2.72. The van der Waals surface area contributed by atoms with Gasteiger partial charge in [0.2, 0.25) is 0 Å². The summed E-state index contributed by atoms with van der Waals surface area (Å²) in [6.07, 6.45) is -0.0794. The van der Waals surface area contributed by atoms with Crippen molar-refractivity contribution < 1.29 is 27.5 Å². The van der Waals surface area contributed by atoms with E-state index in [1.165, 1.54) is 6.07 Å². The van der Waals surface area contributed by atoms with Gasteiger partial charge >= 0.3 is 5.97 Å². The van der Waals surface area contributed by atoms with E-state index in [2.05, 4.69) is 9.71 Å². The Bertz CT molecular complexity index is 1040. The molecule has 0 saturated carbocycles. The first-order valence-electron chi connectivity index (χ1n) is 8.99. The highest BCUT2D eigenvalue weighted by Crippen LogP contribution is 2.22. The highest BCUT2D eigenvalue weighted by atomic mass is 32.2. The van der Waals surface area contributed by atoms with E-state index in [0.717, 1.165) is 0 Å². The molecular weight excluding hydrogens is 396 g/mol. The molecule has 1 aliphatic heterocycles. The van der Waals surface area contributed by atoms with Crippen molar-refractivity contribution in [2.45, 2.75) is 18.2 Å². The number of aliphatic imine (C=N–C) groups is 1. The number of sulfonamides is 1. The van der Waals surface area contributed by atoms with E-state index in [9.17, 15) is 18.0 Å². The van der Waals surface area contributed by atoms with E-state index >= 15 is 0 Å². The van der Waals surface area contributed by atoms with E-state index in [4.69, 9.17) is 9.47 Å². The second kappa shape index (κ2) is 8.87. The summed E-state index contributed by atoms with van der Waals surface area (Å²) in [5, 5.41) is 0. The molecule has 152 valence electrons. The number of fused-ring (bicyclic) bond motifs is 1. The number of esters is 1. The minimum absolute atomic E-state index is 0.0300. The Balaban J connectivity index is 1.49. The van der Waals surface area contributed by atoms with Crippen molar-refractivity contribution in [3.8, 4) is 5.75 Å².